The van der Waals surface area contributed by atoms with E-state index in [1.807, 2.05) is 11.8 Å². The number of hydrogen-bond donors (Lipinski definition) is 1. The van der Waals surface area contributed by atoms with Gasteiger partial charge in [0.15, 0.2) is 0 Å². The fraction of sp³-hybridized carbons (Fsp3) is 0.667. The zero-order valence-corrected chi connectivity index (χ0v) is 11.3. The molecule has 1 aliphatic rings. The van der Waals surface area contributed by atoms with Crippen molar-refractivity contribution in [1.82, 2.24) is 9.97 Å². The lowest BCUT2D eigenvalue weighted by Crippen LogP contribution is -2.41. The Morgan fingerprint density at radius 1 is 1.53 bits per heavy atom. The van der Waals surface area contributed by atoms with Gasteiger partial charge >= 0.3 is 0 Å². The second-order valence-electron chi connectivity index (χ2n) is 4.43. The van der Waals surface area contributed by atoms with E-state index in [0.29, 0.717) is 11.9 Å². The molecule has 17 heavy (non-hydrogen) atoms. The molecule has 0 radical (unpaired) electrons. The third-order valence-electron chi connectivity index (χ3n) is 3.10. The van der Waals surface area contributed by atoms with E-state index < -0.39 is 0 Å². The Hall–Kier alpha value is -0.970. The van der Waals surface area contributed by atoms with Crippen molar-refractivity contribution in [3.8, 4) is 0 Å². The first-order chi connectivity index (χ1) is 8.24. The van der Waals surface area contributed by atoms with E-state index in [0.717, 1.165) is 36.5 Å². The number of thioether (sulfide) groups is 1. The topological polar surface area (TPSA) is 55.0 Å². The van der Waals surface area contributed by atoms with Gasteiger partial charge in [-0.15, -0.1) is 0 Å². The second-order valence-corrected chi connectivity index (χ2v) is 5.58. The molecule has 1 aliphatic heterocycles. The predicted molar refractivity (Wildman–Crippen MR) is 74.6 cm³/mol. The SMILES string of the molecule is CCCc1c(N)ncnc1N1CCSCC1C. The first-order valence-electron chi connectivity index (χ1n) is 6.17. The molecule has 2 N–H and O–H groups in total. The van der Waals surface area contributed by atoms with Crippen molar-refractivity contribution in [1.29, 1.82) is 0 Å². The average Bonchev–Trinajstić information content (AvgIpc) is 2.33. The van der Waals surface area contributed by atoms with Gasteiger partial charge < -0.3 is 10.6 Å². The van der Waals surface area contributed by atoms with Crippen LogP contribution < -0.4 is 10.6 Å². The Morgan fingerprint density at radius 3 is 3.06 bits per heavy atom. The van der Waals surface area contributed by atoms with Crippen molar-refractivity contribution >= 4 is 23.4 Å². The van der Waals surface area contributed by atoms with Crippen molar-refractivity contribution in [3.05, 3.63) is 11.9 Å². The summed E-state index contributed by atoms with van der Waals surface area (Å²) >= 11 is 2.01. The van der Waals surface area contributed by atoms with E-state index in [-0.39, 0.29) is 0 Å². The highest BCUT2D eigenvalue weighted by atomic mass is 32.2. The Kier molecular flexibility index (Phi) is 4.10. The minimum Gasteiger partial charge on any atom is -0.383 e. The molecule has 0 amide bonds. The molecule has 5 heteroatoms. The van der Waals surface area contributed by atoms with Crippen LogP contribution in [0.3, 0.4) is 0 Å². The van der Waals surface area contributed by atoms with Gasteiger partial charge in [0.1, 0.15) is 18.0 Å². The number of aromatic nitrogens is 2. The van der Waals surface area contributed by atoms with Gasteiger partial charge in [-0.3, -0.25) is 0 Å². The fourth-order valence-electron chi connectivity index (χ4n) is 2.20. The van der Waals surface area contributed by atoms with Crippen LogP contribution in [0.4, 0.5) is 11.6 Å². The molecular weight excluding hydrogens is 232 g/mol. The molecular formula is C12H20N4S. The van der Waals surface area contributed by atoms with Crippen LogP contribution in [0, 0.1) is 0 Å². The van der Waals surface area contributed by atoms with Crippen molar-refractivity contribution in [3.63, 3.8) is 0 Å². The van der Waals surface area contributed by atoms with E-state index in [1.54, 1.807) is 6.33 Å². The first-order valence-corrected chi connectivity index (χ1v) is 7.33. The molecule has 94 valence electrons. The molecule has 2 rings (SSSR count). The maximum Gasteiger partial charge on any atom is 0.137 e. The third-order valence-corrected chi connectivity index (χ3v) is 4.28. The average molecular weight is 252 g/mol. The summed E-state index contributed by atoms with van der Waals surface area (Å²) in [5.41, 5.74) is 7.10. The monoisotopic (exact) mass is 252 g/mol. The summed E-state index contributed by atoms with van der Waals surface area (Å²) in [6, 6.07) is 0.527. The minimum absolute atomic E-state index is 0.527. The highest BCUT2D eigenvalue weighted by Crippen LogP contribution is 2.28. The molecule has 0 spiro atoms. The molecule has 1 unspecified atom stereocenters. The predicted octanol–water partition coefficient (Wildman–Crippen LogP) is 1.95. The summed E-state index contributed by atoms with van der Waals surface area (Å²) in [4.78, 5) is 10.9. The summed E-state index contributed by atoms with van der Waals surface area (Å²) in [7, 11) is 0. The number of rotatable bonds is 3. The molecule has 0 bridgehead atoms. The lowest BCUT2D eigenvalue weighted by atomic mass is 10.1. The maximum absolute atomic E-state index is 5.98. The summed E-state index contributed by atoms with van der Waals surface area (Å²) in [5, 5.41) is 0. The quantitative estimate of drug-likeness (QED) is 0.891. The highest BCUT2D eigenvalue weighted by molar-refractivity contribution is 7.99. The molecule has 1 atom stereocenters. The summed E-state index contributed by atoms with van der Waals surface area (Å²) < 4.78 is 0. The van der Waals surface area contributed by atoms with Crippen LogP contribution in [0.1, 0.15) is 25.8 Å². The van der Waals surface area contributed by atoms with Gasteiger partial charge in [-0.25, -0.2) is 9.97 Å². The van der Waals surface area contributed by atoms with E-state index >= 15 is 0 Å². The van der Waals surface area contributed by atoms with Crippen LogP contribution in [0.2, 0.25) is 0 Å². The van der Waals surface area contributed by atoms with Gasteiger partial charge in [0.05, 0.1) is 0 Å². The smallest absolute Gasteiger partial charge is 0.137 e. The molecule has 1 aromatic rings. The fourth-order valence-corrected chi connectivity index (χ4v) is 3.21. The van der Waals surface area contributed by atoms with Gasteiger partial charge in [0.2, 0.25) is 0 Å². The van der Waals surface area contributed by atoms with E-state index in [4.69, 9.17) is 5.73 Å². The van der Waals surface area contributed by atoms with Gasteiger partial charge in [0.25, 0.3) is 0 Å². The van der Waals surface area contributed by atoms with E-state index in [9.17, 15) is 0 Å². The zero-order chi connectivity index (χ0) is 12.3. The van der Waals surface area contributed by atoms with Crippen molar-refractivity contribution in [2.75, 3.05) is 28.7 Å². The molecule has 1 fully saturated rings. The van der Waals surface area contributed by atoms with E-state index in [1.165, 1.54) is 5.75 Å². The van der Waals surface area contributed by atoms with Gasteiger partial charge in [-0.2, -0.15) is 11.8 Å². The second kappa shape index (κ2) is 5.58. The third kappa shape index (κ3) is 2.65. The van der Waals surface area contributed by atoms with Gasteiger partial charge in [-0.1, -0.05) is 13.3 Å². The number of hydrogen-bond acceptors (Lipinski definition) is 5. The molecule has 1 aromatic heterocycles. The van der Waals surface area contributed by atoms with Crippen LogP contribution in [0.25, 0.3) is 0 Å². The van der Waals surface area contributed by atoms with Crippen LogP contribution >= 0.6 is 11.8 Å². The number of nitrogen functional groups attached to an aromatic ring is 1. The lowest BCUT2D eigenvalue weighted by Gasteiger charge is -2.35. The summed E-state index contributed by atoms with van der Waals surface area (Å²) in [5.74, 6) is 4.02. The molecule has 0 aliphatic carbocycles. The van der Waals surface area contributed by atoms with Gasteiger partial charge in [-0.05, 0) is 13.3 Å². The molecule has 2 heterocycles. The molecule has 4 nitrogen and oxygen atoms in total. The number of nitrogens with two attached hydrogens (primary N) is 1. The minimum atomic E-state index is 0.527. The van der Waals surface area contributed by atoms with Crippen LogP contribution in [0.5, 0.6) is 0 Å². The summed E-state index contributed by atoms with van der Waals surface area (Å²) in [6.45, 7) is 5.46. The number of nitrogens with zero attached hydrogens (tertiary/aromatic N) is 3. The van der Waals surface area contributed by atoms with Crippen molar-refractivity contribution in [2.24, 2.45) is 0 Å². The Bertz CT molecular complexity index is 383. The van der Waals surface area contributed by atoms with Crippen molar-refractivity contribution < 1.29 is 0 Å². The first kappa shape index (κ1) is 12.5. The number of anilines is 2. The van der Waals surface area contributed by atoms with Crippen LogP contribution in [-0.2, 0) is 6.42 Å². The normalized spacial score (nSPS) is 20.6. The molecule has 0 aromatic carbocycles. The lowest BCUT2D eigenvalue weighted by molar-refractivity contribution is 0.681. The largest absolute Gasteiger partial charge is 0.383 e. The molecule has 0 saturated carbocycles. The standard InChI is InChI=1S/C12H20N4S/c1-3-4-10-11(13)14-8-15-12(10)16-5-6-17-7-9(16)2/h8-9H,3-7H2,1-2H3,(H2,13,14,15). The molecule has 1 saturated heterocycles. The highest BCUT2D eigenvalue weighted by Gasteiger charge is 2.23. The Morgan fingerprint density at radius 2 is 2.35 bits per heavy atom. The van der Waals surface area contributed by atoms with Crippen LogP contribution in [-0.4, -0.2) is 34.1 Å². The Labute approximate surface area is 107 Å². The van der Waals surface area contributed by atoms with Gasteiger partial charge in [0, 0.05) is 29.7 Å². The van der Waals surface area contributed by atoms with Crippen LogP contribution in [0.15, 0.2) is 6.33 Å². The Balaban J connectivity index is 2.32. The zero-order valence-electron chi connectivity index (χ0n) is 10.5. The van der Waals surface area contributed by atoms with E-state index in [2.05, 4.69) is 28.7 Å². The summed E-state index contributed by atoms with van der Waals surface area (Å²) in [6.07, 6.45) is 3.61. The van der Waals surface area contributed by atoms with Crippen molar-refractivity contribution in [2.45, 2.75) is 32.7 Å². The maximum atomic E-state index is 5.98.